The van der Waals surface area contributed by atoms with Gasteiger partial charge >= 0.3 is 0 Å². The predicted octanol–water partition coefficient (Wildman–Crippen LogP) is 2.08. The molecule has 9 heteroatoms. The fourth-order valence-electron chi connectivity index (χ4n) is 2.88. The SMILES string of the molecule is CCc1cc(CN(C)S(C)(=O)=O)ncc1N(C)c1cc2c(cn1)ncn2C. The van der Waals surface area contributed by atoms with Crippen LogP contribution in [-0.4, -0.2) is 52.6 Å². The van der Waals surface area contributed by atoms with Gasteiger partial charge in [-0.25, -0.2) is 18.4 Å². The number of rotatable bonds is 6. The van der Waals surface area contributed by atoms with Crippen molar-refractivity contribution in [1.82, 2.24) is 23.8 Å². The first-order chi connectivity index (χ1) is 12.7. The Morgan fingerprint density at radius 2 is 1.85 bits per heavy atom. The van der Waals surface area contributed by atoms with Gasteiger partial charge in [0.2, 0.25) is 10.0 Å². The fourth-order valence-corrected chi connectivity index (χ4v) is 3.25. The van der Waals surface area contributed by atoms with E-state index in [2.05, 4.69) is 21.9 Å². The van der Waals surface area contributed by atoms with Crippen LogP contribution in [-0.2, 0) is 30.0 Å². The van der Waals surface area contributed by atoms with Crippen LogP contribution in [0.15, 0.2) is 30.9 Å². The van der Waals surface area contributed by atoms with Gasteiger partial charge in [-0.2, -0.15) is 4.31 Å². The number of sulfonamides is 1. The molecule has 144 valence electrons. The summed E-state index contributed by atoms with van der Waals surface area (Å²) in [5, 5.41) is 0. The van der Waals surface area contributed by atoms with Gasteiger partial charge in [0, 0.05) is 27.2 Å². The Labute approximate surface area is 159 Å². The lowest BCUT2D eigenvalue weighted by molar-refractivity contribution is 0.467. The molecule has 0 saturated heterocycles. The van der Waals surface area contributed by atoms with E-state index < -0.39 is 10.0 Å². The lowest BCUT2D eigenvalue weighted by atomic mass is 10.1. The molecule has 0 amide bonds. The van der Waals surface area contributed by atoms with Gasteiger partial charge in [-0.15, -0.1) is 0 Å². The summed E-state index contributed by atoms with van der Waals surface area (Å²) >= 11 is 0. The molecule has 3 aromatic rings. The van der Waals surface area contributed by atoms with Crippen LogP contribution in [0.4, 0.5) is 11.5 Å². The zero-order valence-corrected chi connectivity index (χ0v) is 17.0. The highest BCUT2D eigenvalue weighted by Gasteiger charge is 2.16. The standard InChI is InChI=1S/C18H24N6O2S/c1-6-13-7-14(11-23(3)27(5,25)26)19-10-17(13)24(4)18-8-16-15(9-20-18)21-12-22(16)2/h7-10,12H,6,11H2,1-5H3. The van der Waals surface area contributed by atoms with Crippen molar-refractivity contribution in [2.75, 3.05) is 25.3 Å². The molecule has 0 unspecified atom stereocenters. The maximum atomic E-state index is 11.6. The molecule has 0 bridgehead atoms. The molecule has 27 heavy (non-hydrogen) atoms. The van der Waals surface area contributed by atoms with Gasteiger partial charge in [-0.05, 0) is 18.1 Å². The maximum absolute atomic E-state index is 11.6. The van der Waals surface area contributed by atoms with Crippen molar-refractivity contribution < 1.29 is 8.42 Å². The second-order valence-electron chi connectivity index (χ2n) is 6.62. The number of hydrogen-bond acceptors (Lipinski definition) is 6. The molecule has 3 heterocycles. The Bertz CT molecular complexity index is 1080. The summed E-state index contributed by atoms with van der Waals surface area (Å²) in [5.41, 5.74) is 4.59. The lowest BCUT2D eigenvalue weighted by Gasteiger charge is -2.22. The van der Waals surface area contributed by atoms with Gasteiger partial charge < -0.3 is 9.47 Å². The molecule has 8 nitrogen and oxygen atoms in total. The quantitative estimate of drug-likeness (QED) is 0.643. The summed E-state index contributed by atoms with van der Waals surface area (Å²) < 4.78 is 26.5. The molecule has 0 aliphatic carbocycles. The highest BCUT2D eigenvalue weighted by molar-refractivity contribution is 7.88. The Hall–Kier alpha value is -2.52. The number of aryl methyl sites for hydroxylation is 2. The van der Waals surface area contributed by atoms with Crippen LogP contribution in [0.1, 0.15) is 18.2 Å². The minimum Gasteiger partial charge on any atom is -0.334 e. The summed E-state index contributed by atoms with van der Waals surface area (Å²) in [6.07, 6.45) is 7.29. The monoisotopic (exact) mass is 388 g/mol. The number of hydrogen-bond donors (Lipinski definition) is 0. The minimum atomic E-state index is -3.24. The highest BCUT2D eigenvalue weighted by atomic mass is 32.2. The molecular formula is C18H24N6O2S. The van der Waals surface area contributed by atoms with Crippen LogP contribution < -0.4 is 4.90 Å². The van der Waals surface area contributed by atoms with E-state index in [0.717, 1.165) is 34.5 Å². The number of nitrogens with zero attached hydrogens (tertiary/aromatic N) is 6. The van der Waals surface area contributed by atoms with Gasteiger partial charge in [0.1, 0.15) is 11.3 Å². The van der Waals surface area contributed by atoms with Gasteiger partial charge in [0.25, 0.3) is 0 Å². The molecule has 0 aliphatic rings. The third kappa shape index (κ3) is 3.93. The van der Waals surface area contributed by atoms with Crippen LogP contribution >= 0.6 is 0 Å². The van der Waals surface area contributed by atoms with E-state index in [9.17, 15) is 8.42 Å². The normalized spacial score (nSPS) is 12.1. The summed E-state index contributed by atoms with van der Waals surface area (Å²) in [7, 11) is 2.20. The highest BCUT2D eigenvalue weighted by Crippen LogP contribution is 2.28. The van der Waals surface area contributed by atoms with Crippen molar-refractivity contribution in [2.45, 2.75) is 19.9 Å². The van der Waals surface area contributed by atoms with E-state index in [-0.39, 0.29) is 6.54 Å². The van der Waals surface area contributed by atoms with Gasteiger partial charge in [-0.1, -0.05) is 6.92 Å². The molecule has 0 aromatic carbocycles. The average molecular weight is 388 g/mol. The van der Waals surface area contributed by atoms with E-state index in [1.165, 1.54) is 10.6 Å². The molecule has 0 spiro atoms. The molecule has 0 radical (unpaired) electrons. The summed E-state index contributed by atoms with van der Waals surface area (Å²) in [4.78, 5) is 15.3. The van der Waals surface area contributed by atoms with Crippen molar-refractivity contribution in [2.24, 2.45) is 7.05 Å². The van der Waals surface area contributed by atoms with Gasteiger partial charge in [0.05, 0.1) is 48.4 Å². The number of pyridine rings is 2. The third-order valence-corrected chi connectivity index (χ3v) is 5.92. The maximum Gasteiger partial charge on any atom is 0.211 e. The Morgan fingerprint density at radius 1 is 1.11 bits per heavy atom. The molecule has 0 N–H and O–H groups in total. The number of imidazole rings is 1. The van der Waals surface area contributed by atoms with Crippen molar-refractivity contribution in [3.8, 4) is 0 Å². The topological polar surface area (TPSA) is 84.2 Å². The molecule has 3 aromatic heterocycles. The summed E-state index contributed by atoms with van der Waals surface area (Å²) in [6.45, 7) is 2.31. The van der Waals surface area contributed by atoms with E-state index in [0.29, 0.717) is 5.69 Å². The largest absolute Gasteiger partial charge is 0.334 e. The average Bonchev–Trinajstić information content (AvgIpc) is 3.00. The Balaban J connectivity index is 1.93. The Morgan fingerprint density at radius 3 is 2.52 bits per heavy atom. The molecule has 0 atom stereocenters. The van der Waals surface area contributed by atoms with Crippen molar-refractivity contribution >= 4 is 32.6 Å². The summed E-state index contributed by atoms with van der Waals surface area (Å²) in [5.74, 6) is 0.795. The van der Waals surface area contributed by atoms with Crippen molar-refractivity contribution in [3.05, 3.63) is 42.1 Å². The molecule has 0 aliphatic heterocycles. The number of aromatic nitrogens is 4. The van der Waals surface area contributed by atoms with Crippen LogP contribution in [0.2, 0.25) is 0 Å². The molecule has 0 saturated carbocycles. The van der Waals surface area contributed by atoms with E-state index in [1.54, 1.807) is 25.8 Å². The van der Waals surface area contributed by atoms with E-state index in [4.69, 9.17) is 0 Å². The van der Waals surface area contributed by atoms with Crippen LogP contribution in [0.25, 0.3) is 11.0 Å². The first kappa shape index (κ1) is 19.2. The number of anilines is 2. The fraction of sp³-hybridized carbons (Fsp3) is 0.389. The van der Waals surface area contributed by atoms with Crippen LogP contribution in [0.5, 0.6) is 0 Å². The van der Waals surface area contributed by atoms with E-state index >= 15 is 0 Å². The Kier molecular flexibility index (Phi) is 5.16. The zero-order valence-electron chi connectivity index (χ0n) is 16.2. The smallest absolute Gasteiger partial charge is 0.211 e. The van der Waals surface area contributed by atoms with Gasteiger partial charge in [-0.3, -0.25) is 4.98 Å². The first-order valence-electron chi connectivity index (χ1n) is 8.60. The predicted molar refractivity (Wildman–Crippen MR) is 106 cm³/mol. The van der Waals surface area contributed by atoms with Crippen LogP contribution in [0, 0.1) is 0 Å². The first-order valence-corrected chi connectivity index (χ1v) is 10.5. The lowest BCUT2D eigenvalue weighted by Crippen LogP contribution is -2.25. The second kappa shape index (κ2) is 7.24. The summed E-state index contributed by atoms with van der Waals surface area (Å²) in [6, 6.07) is 3.95. The minimum absolute atomic E-state index is 0.245. The van der Waals surface area contributed by atoms with Crippen molar-refractivity contribution in [3.63, 3.8) is 0 Å². The second-order valence-corrected chi connectivity index (χ2v) is 8.71. The van der Waals surface area contributed by atoms with E-state index in [1.807, 2.05) is 35.7 Å². The van der Waals surface area contributed by atoms with Crippen LogP contribution in [0.3, 0.4) is 0 Å². The molecular weight excluding hydrogens is 364 g/mol. The zero-order chi connectivity index (χ0) is 19.8. The molecule has 0 fully saturated rings. The third-order valence-electron chi connectivity index (χ3n) is 4.66. The van der Waals surface area contributed by atoms with Crippen molar-refractivity contribution in [1.29, 1.82) is 0 Å². The number of fused-ring (bicyclic) bond motifs is 1. The van der Waals surface area contributed by atoms with Gasteiger partial charge in [0.15, 0.2) is 0 Å². The molecule has 3 rings (SSSR count).